The number of hydrazone groups is 1. The van der Waals surface area contributed by atoms with Crippen molar-refractivity contribution in [2.24, 2.45) is 11.0 Å². The molecular formula is C23H24N6O3S. The van der Waals surface area contributed by atoms with Gasteiger partial charge in [0.2, 0.25) is 5.16 Å². The molecule has 2 aliphatic carbocycles. The van der Waals surface area contributed by atoms with Gasteiger partial charge in [-0.25, -0.2) is 9.69 Å². The van der Waals surface area contributed by atoms with Crippen molar-refractivity contribution in [2.75, 3.05) is 11.6 Å². The molecule has 2 fully saturated rings. The molecule has 6 rings (SSSR count). The predicted octanol–water partition coefficient (Wildman–Crippen LogP) is 3.97. The summed E-state index contributed by atoms with van der Waals surface area (Å²) < 4.78 is 12.8. The Bertz CT molecular complexity index is 1210. The number of rotatable bonds is 6. The second-order valence-corrected chi connectivity index (χ2v) is 9.58. The molecule has 0 aromatic carbocycles. The van der Waals surface area contributed by atoms with Gasteiger partial charge in [-0.3, -0.25) is 4.79 Å². The average molecular weight is 465 g/mol. The molecule has 10 heteroatoms. The van der Waals surface area contributed by atoms with Crippen molar-refractivity contribution >= 4 is 29.5 Å². The first-order valence-electron chi connectivity index (χ1n) is 11.2. The highest BCUT2D eigenvalue weighted by atomic mass is 32.2. The third-order valence-electron chi connectivity index (χ3n) is 6.41. The Hall–Kier alpha value is -3.27. The van der Waals surface area contributed by atoms with Gasteiger partial charge in [0.05, 0.1) is 24.0 Å². The number of amides is 1. The highest BCUT2D eigenvalue weighted by molar-refractivity contribution is 7.99. The van der Waals surface area contributed by atoms with Crippen LogP contribution in [0.3, 0.4) is 0 Å². The zero-order chi connectivity index (χ0) is 22.4. The van der Waals surface area contributed by atoms with Crippen molar-refractivity contribution in [3.05, 3.63) is 59.7 Å². The van der Waals surface area contributed by atoms with Crippen LogP contribution in [-0.2, 0) is 4.79 Å². The van der Waals surface area contributed by atoms with Crippen molar-refractivity contribution in [3.63, 3.8) is 0 Å². The van der Waals surface area contributed by atoms with Gasteiger partial charge in [0.15, 0.2) is 5.82 Å². The van der Waals surface area contributed by atoms with E-state index in [-0.39, 0.29) is 23.6 Å². The topological polar surface area (TPSA) is 116 Å². The number of nitrogen functional groups attached to an aromatic ring is 1. The van der Waals surface area contributed by atoms with E-state index >= 15 is 0 Å². The molecule has 9 nitrogen and oxygen atoms in total. The Kier molecular flexibility index (Phi) is 5.09. The van der Waals surface area contributed by atoms with Gasteiger partial charge in [0.1, 0.15) is 17.6 Å². The van der Waals surface area contributed by atoms with Gasteiger partial charge in [-0.2, -0.15) is 5.10 Å². The van der Waals surface area contributed by atoms with Crippen LogP contribution in [0, 0.1) is 5.92 Å². The minimum absolute atomic E-state index is 0.0830. The summed E-state index contributed by atoms with van der Waals surface area (Å²) in [5, 5.41) is 15.3. The van der Waals surface area contributed by atoms with E-state index in [1.54, 1.807) is 17.5 Å². The lowest BCUT2D eigenvalue weighted by Crippen LogP contribution is -2.32. The smallest absolute Gasteiger partial charge is 0.253 e. The molecule has 2 saturated carbocycles. The number of aromatic nitrogens is 3. The normalized spacial score (nSPS) is 23.7. The molecule has 0 radical (unpaired) electrons. The van der Waals surface area contributed by atoms with Crippen molar-refractivity contribution < 1.29 is 13.6 Å². The van der Waals surface area contributed by atoms with Crippen LogP contribution in [0.15, 0.2) is 61.5 Å². The number of furan rings is 2. The fourth-order valence-corrected chi connectivity index (χ4v) is 5.41. The molecule has 1 amide bonds. The van der Waals surface area contributed by atoms with Crippen LogP contribution in [0.4, 0.5) is 0 Å². The number of carbonyl (C=O) groups is 1. The van der Waals surface area contributed by atoms with Gasteiger partial charge < -0.3 is 14.7 Å². The first kappa shape index (κ1) is 20.3. The summed E-state index contributed by atoms with van der Waals surface area (Å²) >= 11 is 1.29. The fraction of sp³-hybridized carbons (Fsp3) is 0.391. The fourth-order valence-electron chi connectivity index (χ4n) is 4.69. The Morgan fingerprint density at radius 1 is 1.18 bits per heavy atom. The lowest BCUT2D eigenvalue weighted by Gasteiger charge is -2.27. The highest BCUT2D eigenvalue weighted by Crippen LogP contribution is 2.45. The molecule has 3 aromatic heterocycles. The second kappa shape index (κ2) is 8.26. The molecule has 4 heterocycles. The molecule has 0 spiro atoms. The summed E-state index contributed by atoms with van der Waals surface area (Å²) in [7, 11) is 0. The standard InChI is InChI=1S/C23H24N6O3S/c24-28-22(14-8-9-14)25-26-23(28)33-13-19(30)29-21(18-7-3-11-32-18)17-6-1-4-15(20(17)27-29)12-16-5-2-10-31-16/h2-3,5,7,10-12,14,17,21H,1,4,6,8-9,13,24H2. The van der Waals surface area contributed by atoms with E-state index in [0.717, 1.165) is 60.7 Å². The second-order valence-electron chi connectivity index (χ2n) is 8.64. The molecule has 33 heavy (non-hydrogen) atoms. The number of allylic oxidation sites excluding steroid dienone is 1. The van der Waals surface area contributed by atoms with Crippen LogP contribution >= 0.6 is 11.8 Å². The maximum atomic E-state index is 13.4. The van der Waals surface area contributed by atoms with Crippen LogP contribution in [-0.4, -0.2) is 37.3 Å². The minimum Gasteiger partial charge on any atom is -0.467 e. The van der Waals surface area contributed by atoms with E-state index in [1.165, 1.54) is 16.4 Å². The summed E-state index contributed by atoms with van der Waals surface area (Å²) in [6.07, 6.45) is 10.4. The molecule has 2 unspecified atom stereocenters. The van der Waals surface area contributed by atoms with Gasteiger partial charge in [-0.1, -0.05) is 11.8 Å². The maximum absolute atomic E-state index is 13.4. The summed E-state index contributed by atoms with van der Waals surface area (Å²) in [6.45, 7) is 0. The zero-order valence-corrected chi connectivity index (χ0v) is 18.8. The highest BCUT2D eigenvalue weighted by Gasteiger charge is 2.45. The summed E-state index contributed by atoms with van der Waals surface area (Å²) in [5.74, 6) is 9.00. The molecule has 1 aliphatic heterocycles. The van der Waals surface area contributed by atoms with Crippen molar-refractivity contribution in [2.45, 2.75) is 49.2 Å². The summed E-state index contributed by atoms with van der Waals surface area (Å²) in [4.78, 5) is 13.4. The number of nitrogens with zero attached hydrogens (tertiary/aromatic N) is 5. The van der Waals surface area contributed by atoms with Crippen molar-refractivity contribution in [3.8, 4) is 0 Å². The van der Waals surface area contributed by atoms with Crippen LogP contribution in [0.1, 0.15) is 61.4 Å². The predicted molar refractivity (Wildman–Crippen MR) is 123 cm³/mol. The number of fused-ring (bicyclic) bond motifs is 1. The Balaban J connectivity index is 1.27. The van der Waals surface area contributed by atoms with E-state index < -0.39 is 0 Å². The lowest BCUT2D eigenvalue weighted by molar-refractivity contribution is -0.131. The Morgan fingerprint density at radius 3 is 2.79 bits per heavy atom. The number of carbonyl (C=O) groups excluding carboxylic acids is 1. The summed E-state index contributed by atoms with van der Waals surface area (Å²) in [6, 6.07) is 7.30. The first-order chi connectivity index (χ1) is 16.2. The van der Waals surface area contributed by atoms with Gasteiger partial charge in [0, 0.05) is 11.8 Å². The number of nitrogens with two attached hydrogens (primary N) is 1. The lowest BCUT2D eigenvalue weighted by atomic mass is 9.79. The molecule has 0 saturated heterocycles. The molecule has 0 bridgehead atoms. The molecular weight excluding hydrogens is 440 g/mol. The molecule has 2 N–H and O–H groups in total. The van der Waals surface area contributed by atoms with E-state index in [0.29, 0.717) is 11.1 Å². The van der Waals surface area contributed by atoms with E-state index in [1.807, 2.05) is 30.3 Å². The number of thioether (sulfide) groups is 1. The molecule has 3 aliphatic rings. The SMILES string of the molecule is Nn1c(SCC(=O)N2N=C3C(=Cc4ccco4)CCCC3C2c2ccco2)nnc1C1CC1. The third kappa shape index (κ3) is 3.78. The zero-order valence-electron chi connectivity index (χ0n) is 18.0. The first-order valence-corrected chi connectivity index (χ1v) is 12.2. The quantitative estimate of drug-likeness (QED) is 0.433. The molecule has 3 aromatic rings. The van der Waals surface area contributed by atoms with Gasteiger partial charge in [-0.15, -0.1) is 10.2 Å². The van der Waals surface area contributed by atoms with E-state index in [9.17, 15) is 4.79 Å². The third-order valence-corrected chi connectivity index (χ3v) is 7.34. The molecule has 170 valence electrons. The maximum Gasteiger partial charge on any atom is 0.253 e. The van der Waals surface area contributed by atoms with Crippen LogP contribution < -0.4 is 5.84 Å². The minimum atomic E-state index is -0.263. The van der Waals surface area contributed by atoms with E-state index in [4.69, 9.17) is 19.8 Å². The van der Waals surface area contributed by atoms with Crippen molar-refractivity contribution in [1.29, 1.82) is 0 Å². The van der Waals surface area contributed by atoms with Crippen molar-refractivity contribution in [1.82, 2.24) is 19.9 Å². The molecule has 2 atom stereocenters. The van der Waals surface area contributed by atoms with Gasteiger partial charge >= 0.3 is 0 Å². The van der Waals surface area contributed by atoms with Gasteiger partial charge in [-0.05, 0) is 68.0 Å². The average Bonchev–Trinajstić information content (AvgIpc) is 3.25. The largest absolute Gasteiger partial charge is 0.467 e. The summed E-state index contributed by atoms with van der Waals surface area (Å²) in [5.41, 5.74) is 2.05. The van der Waals surface area contributed by atoms with Crippen LogP contribution in [0.25, 0.3) is 6.08 Å². The van der Waals surface area contributed by atoms with Crippen LogP contribution in [0.5, 0.6) is 0 Å². The Labute approximate surface area is 194 Å². The van der Waals surface area contributed by atoms with Gasteiger partial charge in [0.25, 0.3) is 5.91 Å². The number of hydrogen-bond acceptors (Lipinski definition) is 8. The van der Waals surface area contributed by atoms with Crippen LogP contribution in [0.2, 0.25) is 0 Å². The number of hydrogen-bond donors (Lipinski definition) is 1. The Morgan fingerprint density at radius 2 is 2.03 bits per heavy atom. The monoisotopic (exact) mass is 464 g/mol. The van der Waals surface area contributed by atoms with E-state index in [2.05, 4.69) is 10.2 Å².